The summed E-state index contributed by atoms with van der Waals surface area (Å²) in [5.41, 5.74) is 0.101. The van der Waals surface area contributed by atoms with Gasteiger partial charge in [-0.25, -0.2) is 0 Å². The number of thiol groups is 1. The molecule has 1 N–H and O–H groups in total. The Morgan fingerprint density at radius 2 is 1.23 bits per heavy atom. The van der Waals surface area contributed by atoms with Crippen LogP contribution >= 0.6 is 34.2 Å². The minimum absolute atomic E-state index is 0.0506. The average Bonchev–Trinajstić information content (AvgIpc) is 2.61. The Kier molecular flexibility index (Phi) is 9.55. The van der Waals surface area contributed by atoms with Crippen molar-refractivity contribution in [3.05, 3.63) is 68.8 Å². The van der Waals surface area contributed by atoms with Crippen LogP contribution in [-0.2, 0) is 4.79 Å². The molecule has 2 aromatic rings. The quantitative estimate of drug-likeness (QED) is 0.289. The second-order valence-electron chi connectivity index (χ2n) is 4.54. The normalized spacial score (nSPS) is 9.73. The van der Waals surface area contributed by atoms with Crippen LogP contribution in [0.5, 0.6) is 0 Å². The van der Waals surface area contributed by atoms with Gasteiger partial charge in [0.1, 0.15) is 0 Å². The van der Waals surface area contributed by atoms with Crippen molar-refractivity contribution < 1.29 is 19.7 Å². The SMILES string of the molecule is O=C(O)CCS.O=[N+]([O-])c1ccc(SSc2ccc([N+](=O)[O-])cc2)cc1. The van der Waals surface area contributed by atoms with Crippen molar-refractivity contribution in [2.75, 3.05) is 5.75 Å². The summed E-state index contributed by atoms with van der Waals surface area (Å²) in [5.74, 6) is -0.361. The lowest BCUT2D eigenvalue weighted by atomic mass is 10.3. The monoisotopic (exact) mass is 414 g/mol. The van der Waals surface area contributed by atoms with Gasteiger partial charge in [-0.3, -0.25) is 25.0 Å². The maximum absolute atomic E-state index is 10.5. The van der Waals surface area contributed by atoms with E-state index in [-0.39, 0.29) is 17.8 Å². The largest absolute Gasteiger partial charge is 0.481 e. The molecule has 26 heavy (non-hydrogen) atoms. The molecule has 0 saturated heterocycles. The van der Waals surface area contributed by atoms with Crippen LogP contribution in [0.25, 0.3) is 0 Å². The number of benzene rings is 2. The molecule has 0 bridgehead atoms. The van der Waals surface area contributed by atoms with Crippen molar-refractivity contribution in [3.63, 3.8) is 0 Å². The Morgan fingerprint density at radius 3 is 1.42 bits per heavy atom. The molecule has 0 fully saturated rings. The summed E-state index contributed by atoms with van der Waals surface area (Å²) in [4.78, 5) is 31.4. The van der Waals surface area contributed by atoms with Gasteiger partial charge in [-0.05, 0) is 24.3 Å². The summed E-state index contributed by atoms with van der Waals surface area (Å²) in [6.45, 7) is 0. The molecule has 138 valence electrons. The molecule has 8 nitrogen and oxygen atoms in total. The fourth-order valence-electron chi connectivity index (χ4n) is 1.44. The standard InChI is InChI=1S/C12H8N2O4S2.C3H6O2S/c15-13(16)9-1-5-11(6-2-9)19-20-12-7-3-10(4-8-12)14(17)18;4-3(5)1-2-6/h1-8H;6H,1-2H2,(H,4,5). The van der Waals surface area contributed by atoms with Crippen molar-refractivity contribution in [2.24, 2.45) is 0 Å². The van der Waals surface area contributed by atoms with Crippen molar-refractivity contribution in [1.82, 2.24) is 0 Å². The van der Waals surface area contributed by atoms with Crippen molar-refractivity contribution >= 4 is 51.6 Å². The molecule has 0 radical (unpaired) electrons. The van der Waals surface area contributed by atoms with Crippen LogP contribution in [0.2, 0.25) is 0 Å². The molecule has 0 aromatic heterocycles. The van der Waals surface area contributed by atoms with Crippen LogP contribution in [0.3, 0.4) is 0 Å². The number of hydrogen-bond acceptors (Lipinski definition) is 8. The minimum Gasteiger partial charge on any atom is -0.481 e. The lowest BCUT2D eigenvalue weighted by Crippen LogP contribution is -1.93. The van der Waals surface area contributed by atoms with Gasteiger partial charge in [-0.1, -0.05) is 21.6 Å². The number of carboxylic acids is 1. The smallest absolute Gasteiger partial charge is 0.304 e. The molecule has 0 aliphatic rings. The van der Waals surface area contributed by atoms with Crippen molar-refractivity contribution in [3.8, 4) is 0 Å². The van der Waals surface area contributed by atoms with Crippen molar-refractivity contribution in [1.29, 1.82) is 0 Å². The van der Waals surface area contributed by atoms with Gasteiger partial charge in [0, 0.05) is 39.8 Å². The fraction of sp³-hybridized carbons (Fsp3) is 0.133. The summed E-state index contributed by atoms with van der Waals surface area (Å²) in [5, 5.41) is 28.9. The van der Waals surface area contributed by atoms with E-state index >= 15 is 0 Å². The number of non-ortho nitro benzene ring substituents is 2. The number of nitro groups is 2. The van der Waals surface area contributed by atoms with E-state index < -0.39 is 15.8 Å². The van der Waals surface area contributed by atoms with Crippen LogP contribution in [0.4, 0.5) is 11.4 Å². The van der Waals surface area contributed by atoms with E-state index in [0.717, 1.165) is 9.79 Å². The molecule has 0 saturated carbocycles. The lowest BCUT2D eigenvalue weighted by molar-refractivity contribution is -0.385. The highest BCUT2D eigenvalue weighted by atomic mass is 33.1. The number of carboxylic acid groups (broad SMARTS) is 1. The van der Waals surface area contributed by atoms with E-state index in [9.17, 15) is 25.0 Å². The molecule has 0 aliphatic heterocycles. The molecule has 0 amide bonds. The molecule has 2 rings (SSSR count). The third kappa shape index (κ3) is 8.23. The summed E-state index contributed by atoms with van der Waals surface area (Å²) in [6, 6.07) is 12.4. The van der Waals surface area contributed by atoms with E-state index in [1.165, 1.54) is 45.9 Å². The van der Waals surface area contributed by atoms with E-state index in [1.807, 2.05) is 0 Å². The predicted octanol–water partition coefficient (Wildman–Crippen LogP) is 4.69. The zero-order valence-electron chi connectivity index (χ0n) is 13.2. The lowest BCUT2D eigenvalue weighted by Gasteiger charge is -2.01. The highest BCUT2D eigenvalue weighted by Crippen LogP contribution is 2.38. The van der Waals surface area contributed by atoms with Gasteiger partial charge < -0.3 is 5.11 Å². The van der Waals surface area contributed by atoms with Crippen LogP contribution in [0.15, 0.2) is 58.3 Å². The van der Waals surface area contributed by atoms with E-state index in [4.69, 9.17) is 5.11 Å². The minimum atomic E-state index is -0.787. The van der Waals surface area contributed by atoms with Crippen LogP contribution in [-0.4, -0.2) is 26.7 Å². The molecule has 2 aromatic carbocycles. The number of rotatable bonds is 7. The fourth-order valence-corrected chi connectivity index (χ4v) is 3.56. The highest BCUT2D eigenvalue weighted by Gasteiger charge is 2.06. The predicted molar refractivity (Wildman–Crippen MR) is 104 cm³/mol. The van der Waals surface area contributed by atoms with E-state index in [1.54, 1.807) is 24.3 Å². The van der Waals surface area contributed by atoms with Gasteiger partial charge in [-0.15, -0.1) is 0 Å². The average molecular weight is 414 g/mol. The number of nitro benzene ring substituents is 2. The molecule has 0 atom stereocenters. The topological polar surface area (TPSA) is 124 Å². The Labute approximate surface area is 162 Å². The first kappa shape index (κ1) is 21.8. The van der Waals surface area contributed by atoms with Crippen LogP contribution in [0, 0.1) is 20.2 Å². The summed E-state index contributed by atoms with van der Waals surface area (Å²) >= 11 is 3.68. The van der Waals surface area contributed by atoms with E-state index in [0.29, 0.717) is 5.75 Å². The zero-order valence-corrected chi connectivity index (χ0v) is 15.7. The molecular formula is C15H14N2O6S3. The van der Waals surface area contributed by atoms with Crippen LogP contribution < -0.4 is 0 Å². The molecule has 0 aliphatic carbocycles. The zero-order chi connectivity index (χ0) is 19.5. The number of hydrogen-bond donors (Lipinski definition) is 2. The van der Waals surface area contributed by atoms with Crippen LogP contribution in [0.1, 0.15) is 6.42 Å². The summed E-state index contributed by atoms with van der Waals surface area (Å²) in [7, 11) is 2.86. The maximum Gasteiger partial charge on any atom is 0.304 e. The third-order valence-electron chi connectivity index (χ3n) is 2.65. The number of aliphatic carboxylic acids is 1. The number of nitrogens with zero attached hydrogens (tertiary/aromatic N) is 2. The first-order chi connectivity index (χ1) is 12.3. The summed E-state index contributed by atoms with van der Waals surface area (Å²) in [6.07, 6.45) is 0.156. The van der Waals surface area contributed by atoms with Gasteiger partial charge >= 0.3 is 5.97 Å². The molecular weight excluding hydrogens is 400 g/mol. The van der Waals surface area contributed by atoms with Gasteiger partial charge in [0.05, 0.1) is 16.3 Å². The second kappa shape index (κ2) is 11.4. The molecule has 11 heteroatoms. The van der Waals surface area contributed by atoms with Gasteiger partial charge in [-0.2, -0.15) is 12.6 Å². The van der Waals surface area contributed by atoms with Crippen molar-refractivity contribution in [2.45, 2.75) is 16.2 Å². The second-order valence-corrected chi connectivity index (χ2v) is 7.26. The van der Waals surface area contributed by atoms with Gasteiger partial charge in [0.25, 0.3) is 11.4 Å². The third-order valence-corrected chi connectivity index (χ3v) is 5.30. The molecule has 0 heterocycles. The summed E-state index contributed by atoms with van der Waals surface area (Å²) < 4.78 is 0. The first-order valence-corrected chi connectivity index (χ1v) is 9.77. The first-order valence-electron chi connectivity index (χ1n) is 6.99. The Balaban J connectivity index is 0.000000487. The van der Waals surface area contributed by atoms with Gasteiger partial charge in [0.2, 0.25) is 0 Å². The Morgan fingerprint density at radius 1 is 0.885 bits per heavy atom. The van der Waals surface area contributed by atoms with E-state index in [2.05, 4.69) is 12.6 Å². The Bertz CT molecular complexity index is 695. The maximum atomic E-state index is 10.5. The number of carbonyl (C=O) groups is 1. The van der Waals surface area contributed by atoms with Gasteiger partial charge in [0.15, 0.2) is 0 Å². The highest BCUT2D eigenvalue weighted by molar-refractivity contribution is 8.76. The molecule has 0 unspecified atom stereocenters. The Hall–Kier alpha value is -2.24. The molecule has 0 spiro atoms.